The predicted octanol–water partition coefficient (Wildman–Crippen LogP) is 8.08. The first-order valence-electron chi connectivity index (χ1n) is 13.0. The SMILES string of the molecule is Cc1ccc(NC2=Nc3ccccc3N3C2=Nc2c(c(C)nn2-c2ccccc2)C3c2ccc(F)cc2)cc1Cl. The summed E-state index contributed by atoms with van der Waals surface area (Å²) in [5.74, 6) is 1.63. The summed E-state index contributed by atoms with van der Waals surface area (Å²) in [7, 11) is 0. The molecule has 1 aromatic heterocycles. The van der Waals surface area contributed by atoms with Crippen LogP contribution in [0, 0.1) is 19.7 Å². The molecule has 4 aromatic carbocycles. The maximum absolute atomic E-state index is 14.1. The molecule has 6 nitrogen and oxygen atoms in total. The average Bonchev–Trinajstić information content (AvgIpc) is 3.31. The number of nitrogens with one attached hydrogen (secondary N) is 1. The Kier molecular flexibility index (Phi) is 5.75. The molecule has 5 aromatic rings. The molecule has 0 spiro atoms. The third-order valence-corrected chi connectivity index (χ3v) is 7.67. The third kappa shape index (κ3) is 3.98. The lowest BCUT2D eigenvalue weighted by Crippen LogP contribution is -2.46. The van der Waals surface area contributed by atoms with Crippen LogP contribution in [-0.2, 0) is 0 Å². The van der Waals surface area contributed by atoms with E-state index in [0.29, 0.717) is 22.5 Å². The Morgan fingerprint density at radius 2 is 1.60 bits per heavy atom. The molecule has 1 atom stereocenters. The average molecular weight is 547 g/mol. The molecule has 196 valence electrons. The number of hydrogen-bond acceptors (Lipinski definition) is 5. The van der Waals surface area contributed by atoms with Crippen LogP contribution in [0.2, 0.25) is 5.02 Å². The van der Waals surface area contributed by atoms with Crippen LogP contribution < -0.4 is 10.2 Å². The number of anilines is 2. The van der Waals surface area contributed by atoms with Crippen LogP contribution in [0.15, 0.2) is 107 Å². The van der Waals surface area contributed by atoms with Crippen molar-refractivity contribution in [1.29, 1.82) is 0 Å². The molecule has 0 saturated heterocycles. The molecular weight excluding hydrogens is 523 g/mol. The number of para-hydroxylation sites is 3. The van der Waals surface area contributed by atoms with E-state index < -0.39 is 0 Å². The number of halogens is 2. The molecule has 40 heavy (non-hydrogen) atoms. The van der Waals surface area contributed by atoms with E-state index in [1.54, 1.807) is 0 Å². The monoisotopic (exact) mass is 546 g/mol. The molecule has 0 radical (unpaired) electrons. The smallest absolute Gasteiger partial charge is 0.179 e. The van der Waals surface area contributed by atoms with Crippen LogP contribution >= 0.6 is 11.6 Å². The van der Waals surface area contributed by atoms with Crippen molar-refractivity contribution in [3.8, 4) is 5.69 Å². The number of nitrogens with zero attached hydrogens (tertiary/aromatic N) is 5. The van der Waals surface area contributed by atoms with E-state index in [1.807, 2.05) is 103 Å². The summed E-state index contributed by atoms with van der Waals surface area (Å²) in [6, 6.07) is 30.0. The quantitative estimate of drug-likeness (QED) is 0.249. The Bertz CT molecular complexity index is 1820. The standard InChI is InChI=1S/C32H24ClFN6/c1-19-12-17-23(18-25(19)33)35-30-32-37-31-28(20(2)38-40(31)24-8-4-3-5-9-24)29(21-13-15-22(34)16-14-21)39(32)27-11-7-6-10-26(27)36-30/h3-18,29H,1-2H3,(H,35,36). The van der Waals surface area contributed by atoms with Gasteiger partial charge in [-0.1, -0.05) is 60.1 Å². The second kappa shape index (κ2) is 9.47. The van der Waals surface area contributed by atoms with Crippen LogP contribution in [0.5, 0.6) is 0 Å². The summed E-state index contributed by atoms with van der Waals surface area (Å²) >= 11 is 6.46. The summed E-state index contributed by atoms with van der Waals surface area (Å²) < 4.78 is 16.0. The summed E-state index contributed by atoms with van der Waals surface area (Å²) in [5.41, 5.74) is 7.10. The lowest BCUT2D eigenvalue weighted by Gasteiger charge is -2.40. The van der Waals surface area contributed by atoms with Crippen molar-refractivity contribution in [2.75, 3.05) is 10.2 Å². The van der Waals surface area contributed by atoms with Gasteiger partial charge >= 0.3 is 0 Å². The maximum atomic E-state index is 14.1. The topological polar surface area (TPSA) is 57.8 Å². The van der Waals surface area contributed by atoms with Crippen LogP contribution in [0.4, 0.5) is 27.3 Å². The number of amidine groups is 2. The first kappa shape index (κ1) is 24.3. The third-order valence-electron chi connectivity index (χ3n) is 7.26. The van der Waals surface area contributed by atoms with Gasteiger partial charge in [0, 0.05) is 16.3 Å². The molecule has 8 heteroatoms. The number of aromatic nitrogens is 2. The molecule has 2 aliphatic heterocycles. The second-order valence-corrected chi connectivity index (χ2v) is 10.3. The number of aliphatic imine (C=N–C) groups is 2. The zero-order valence-corrected chi connectivity index (χ0v) is 22.6. The fourth-order valence-corrected chi connectivity index (χ4v) is 5.50. The van der Waals surface area contributed by atoms with Crippen molar-refractivity contribution < 1.29 is 4.39 Å². The van der Waals surface area contributed by atoms with Crippen LogP contribution in [0.25, 0.3) is 5.69 Å². The van der Waals surface area contributed by atoms with Gasteiger partial charge in [-0.25, -0.2) is 19.1 Å². The van der Waals surface area contributed by atoms with E-state index in [2.05, 4.69) is 10.2 Å². The highest BCUT2D eigenvalue weighted by Gasteiger charge is 2.41. The molecule has 0 fully saturated rings. The molecule has 2 aliphatic rings. The summed E-state index contributed by atoms with van der Waals surface area (Å²) in [6.45, 7) is 3.96. The minimum absolute atomic E-state index is 0.287. The minimum atomic E-state index is -0.324. The van der Waals surface area contributed by atoms with Crippen LogP contribution in [0.3, 0.4) is 0 Å². The van der Waals surface area contributed by atoms with Gasteiger partial charge < -0.3 is 10.2 Å². The zero-order chi connectivity index (χ0) is 27.4. The van der Waals surface area contributed by atoms with Gasteiger partial charge in [-0.05, 0) is 73.5 Å². The molecule has 3 heterocycles. The van der Waals surface area contributed by atoms with Crippen molar-refractivity contribution in [3.05, 3.63) is 130 Å². The Balaban J connectivity index is 1.49. The number of fused-ring (bicyclic) bond motifs is 4. The maximum Gasteiger partial charge on any atom is 0.179 e. The van der Waals surface area contributed by atoms with Gasteiger partial charge in [0.05, 0.1) is 28.8 Å². The van der Waals surface area contributed by atoms with Gasteiger partial charge in [0.15, 0.2) is 17.5 Å². The summed E-state index contributed by atoms with van der Waals surface area (Å²) in [6.07, 6.45) is 0. The molecule has 1 N–H and O–H groups in total. The van der Waals surface area contributed by atoms with E-state index >= 15 is 0 Å². The Morgan fingerprint density at radius 1 is 0.850 bits per heavy atom. The number of aryl methyl sites for hydroxylation is 2. The summed E-state index contributed by atoms with van der Waals surface area (Å²) in [4.78, 5) is 12.4. The molecule has 0 saturated carbocycles. The molecule has 7 rings (SSSR count). The normalized spacial score (nSPS) is 15.5. The molecule has 0 bridgehead atoms. The number of rotatable bonds is 3. The van der Waals surface area contributed by atoms with Gasteiger partial charge in [0.2, 0.25) is 0 Å². The van der Waals surface area contributed by atoms with Crippen molar-refractivity contribution in [1.82, 2.24) is 9.78 Å². The van der Waals surface area contributed by atoms with Crippen molar-refractivity contribution >= 4 is 46.2 Å². The van der Waals surface area contributed by atoms with E-state index in [-0.39, 0.29) is 11.9 Å². The molecule has 1 unspecified atom stereocenters. The Hall–Kier alpha value is -4.75. The van der Waals surface area contributed by atoms with Crippen LogP contribution in [-0.4, -0.2) is 21.5 Å². The highest BCUT2D eigenvalue weighted by molar-refractivity contribution is 6.51. The van der Waals surface area contributed by atoms with Crippen molar-refractivity contribution in [3.63, 3.8) is 0 Å². The molecular formula is C32H24ClFN6. The van der Waals surface area contributed by atoms with Crippen molar-refractivity contribution in [2.24, 2.45) is 9.98 Å². The van der Waals surface area contributed by atoms with Crippen molar-refractivity contribution in [2.45, 2.75) is 19.9 Å². The highest BCUT2D eigenvalue weighted by atomic mass is 35.5. The second-order valence-electron chi connectivity index (χ2n) is 9.87. The Labute approximate surface area is 236 Å². The van der Waals surface area contributed by atoms with Gasteiger partial charge in [0.1, 0.15) is 5.82 Å². The fraction of sp³-hybridized carbons (Fsp3) is 0.0938. The largest absolute Gasteiger partial charge is 0.337 e. The highest BCUT2D eigenvalue weighted by Crippen LogP contribution is 2.48. The first-order valence-corrected chi connectivity index (χ1v) is 13.4. The zero-order valence-electron chi connectivity index (χ0n) is 21.8. The van der Waals surface area contributed by atoms with E-state index in [9.17, 15) is 4.39 Å². The minimum Gasteiger partial charge on any atom is -0.337 e. The first-order chi connectivity index (χ1) is 19.5. The van der Waals surface area contributed by atoms with E-state index in [4.69, 9.17) is 26.7 Å². The van der Waals surface area contributed by atoms with Crippen LogP contribution in [0.1, 0.15) is 28.4 Å². The summed E-state index contributed by atoms with van der Waals surface area (Å²) in [5, 5.41) is 9.06. The number of hydrogen-bond donors (Lipinski definition) is 1. The van der Waals surface area contributed by atoms with Gasteiger partial charge in [-0.3, -0.25) is 0 Å². The molecule has 0 amide bonds. The van der Waals surface area contributed by atoms with Gasteiger partial charge in [0.25, 0.3) is 0 Å². The van der Waals surface area contributed by atoms with Gasteiger partial charge in [-0.15, -0.1) is 0 Å². The molecule has 0 aliphatic carbocycles. The lowest BCUT2D eigenvalue weighted by molar-refractivity contribution is 0.626. The lowest BCUT2D eigenvalue weighted by atomic mass is 9.93. The predicted molar refractivity (Wildman–Crippen MR) is 159 cm³/mol. The van der Waals surface area contributed by atoms with E-state index in [0.717, 1.165) is 45.1 Å². The number of benzene rings is 4. The van der Waals surface area contributed by atoms with E-state index in [1.165, 1.54) is 12.1 Å². The van der Waals surface area contributed by atoms with Gasteiger partial charge in [-0.2, -0.15) is 5.10 Å². The Morgan fingerprint density at radius 3 is 2.38 bits per heavy atom. The fourth-order valence-electron chi connectivity index (χ4n) is 5.31.